The third-order valence-electron chi connectivity index (χ3n) is 5.53. The topological polar surface area (TPSA) is 73.3 Å². The summed E-state index contributed by atoms with van der Waals surface area (Å²) in [6.07, 6.45) is 2.25. The van der Waals surface area contributed by atoms with Crippen LogP contribution in [0.2, 0.25) is 0 Å². The Balaban J connectivity index is 1.69. The largest absolute Gasteiger partial charge is 0.493 e. The molecule has 7 heteroatoms. The summed E-state index contributed by atoms with van der Waals surface area (Å²) in [6, 6.07) is 12.3. The summed E-state index contributed by atoms with van der Waals surface area (Å²) >= 11 is 0. The molecule has 2 aromatic carbocycles. The molecular weight excluding hydrogens is 394 g/mol. The molecule has 1 aliphatic rings. The average Bonchev–Trinajstić information content (AvgIpc) is 2.81. The molecule has 0 bridgehead atoms. The number of aliphatic imine (C=N–C) groups is 1. The van der Waals surface area contributed by atoms with Crippen molar-refractivity contribution < 1.29 is 18.9 Å². The van der Waals surface area contributed by atoms with Crippen molar-refractivity contribution in [3.05, 3.63) is 47.5 Å². The van der Waals surface area contributed by atoms with E-state index in [4.69, 9.17) is 18.9 Å². The number of hydrogen-bond acceptors (Lipinski definition) is 5. The molecule has 1 fully saturated rings. The van der Waals surface area contributed by atoms with Crippen LogP contribution in [0.3, 0.4) is 0 Å². The Kier molecular flexibility index (Phi) is 8.00. The van der Waals surface area contributed by atoms with Crippen LogP contribution in [-0.2, 0) is 4.74 Å². The molecule has 7 nitrogen and oxygen atoms in total. The third-order valence-corrected chi connectivity index (χ3v) is 5.53. The summed E-state index contributed by atoms with van der Waals surface area (Å²) in [6.45, 7) is 3.65. The Morgan fingerprint density at radius 3 is 2.32 bits per heavy atom. The first-order valence-corrected chi connectivity index (χ1v) is 10.6. The van der Waals surface area contributed by atoms with E-state index in [1.165, 1.54) is 11.1 Å². The first-order chi connectivity index (χ1) is 15.1. The van der Waals surface area contributed by atoms with E-state index in [2.05, 4.69) is 46.8 Å². The standard InChI is InChI=1S/C24H33N3O4/c1-16-8-10-17(11-9-16)22-18(7-6-12-31-22)15-26-24(25-2)27-19-13-20(28-3)23(30-5)21(14-19)29-4/h8-11,13-14,18,22H,6-7,12,15H2,1-5H3,(H2,25,26,27). The fourth-order valence-corrected chi connectivity index (χ4v) is 3.87. The normalized spacial score (nSPS) is 18.9. The maximum Gasteiger partial charge on any atom is 0.203 e. The van der Waals surface area contributed by atoms with Crippen LogP contribution in [0.5, 0.6) is 17.2 Å². The zero-order chi connectivity index (χ0) is 22.2. The van der Waals surface area contributed by atoms with Crippen molar-refractivity contribution in [3.63, 3.8) is 0 Å². The lowest BCUT2D eigenvalue weighted by atomic mass is 9.89. The van der Waals surface area contributed by atoms with Gasteiger partial charge in [-0.05, 0) is 25.3 Å². The van der Waals surface area contributed by atoms with E-state index >= 15 is 0 Å². The number of nitrogens with one attached hydrogen (secondary N) is 2. The molecule has 2 unspecified atom stereocenters. The van der Waals surface area contributed by atoms with Gasteiger partial charge in [0.25, 0.3) is 0 Å². The van der Waals surface area contributed by atoms with Gasteiger partial charge in [0.2, 0.25) is 5.75 Å². The predicted molar refractivity (Wildman–Crippen MR) is 124 cm³/mol. The smallest absolute Gasteiger partial charge is 0.203 e. The number of aryl methyl sites for hydroxylation is 1. The second-order valence-corrected chi connectivity index (χ2v) is 7.60. The van der Waals surface area contributed by atoms with E-state index in [1.54, 1.807) is 28.4 Å². The Morgan fingerprint density at radius 1 is 1.06 bits per heavy atom. The third kappa shape index (κ3) is 5.61. The van der Waals surface area contributed by atoms with Gasteiger partial charge in [0, 0.05) is 43.9 Å². The average molecular weight is 428 g/mol. The molecule has 3 rings (SSSR count). The molecule has 2 atom stereocenters. The van der Waals surface area contributed by atoms with Gasteiger partial charge in [-0.2, -0.15) is 0 Å². The van der Waals surface area contributed by atoms with E-state index in [-0.39, 0.29) is 6.10 Å². The molecular formula is C24H33N3O4. The van der Waals surface area contributed by atoms with Crippen molar-refractivity contribution in [2.75, 3.05) is 46.8 Å². The SMILES string of the molecule is CN=C(NCC1CCCOC1c1ccc(C)cc1)Nc1cc(OC)c(OC)c(OC)c1. The lowest BCUT2D eigenvalue weighted by molar-refractivity contribution is -0.0264. The molecule has 31 heavy (non-hydrogen) atoms. The van der Waals surface area contributed by atoms with Gasteiger partial charge in [-0.1, -0.05) is 29.8 Å². The molecule has 0 spiro atoms. The number of benzene rings is 2. The van der Waals surface area contributed by atoms with Gasteiger partial charge >= 0.3 is 0 Å². The highest BCUT2D eigenvalue weighted by Gasteiger charge is 2.27. The highest BCUT2D eigenvalue weighted by molar-refractivity contribution is 5.94. The van der Waals surface area contributed by atoms with Gasteiger partial charge < -0.3 is 29.6 Å². The number of methoxy groups -OCH3 is 3. The summed E-state index contributed by atoms with van der Waals surface area (Å²) in [4.78, 5) is 4.37. The summed E-state index contributed by atoms with van der Waals surface area (Å²) in [7, 11) is 6.54. The zero-order valence-electron chi connectivity index (χ0n) is 19.0. The Morgan fingerprint density at radius 2 is 1.74 bits per heavy atom. The maximum absolute atomic E-state index is 6.14. The summed E-state index contributed by atoms with van der Waals surface area (Å²) < 4.78 is 22.4. The first-order valence-electron chi connectivity index (χ1n) is 10.6. The Bertz CT molecular complexity index is 858. The van der Waals surface area contributed by atoms with Crippen LogP contribution in [0.4, 0.5) is 5.69 Å². The van der Waals surface area contributed by atoms with Crippen molar-refractivity contribution in [1.29, 1.82) is 0 Å². The quantitative estimate of drug-likeness (QED) is 0.510. The van der Waals surface area contributed by atoms with Crippen molar-refractivity contribution in [1.82, 2.24) is 5.32 Å². The van der Waals surface area contributed by atoms with Crippen LogP contribution in [0.25, 0.3) is 0 Å². The number of anilines is 1. The molecule has 0 radical (unpaired) electrons. The predicted octanol–water partition coefficient (Wildman–Crippen LogP) is 4.18. The summed E-state index contributed by atoms with van der Waals surface area (Å²) in [5.41, 5.74) is 3.27. The summed E-state index contributed by atoms with van der Waals surface area (Å²) in [5.74, 6) is 2.75. The zero-order valence-corrected chi connectivity index (χ0v) is 19.0. The summed E-state index contributed by atoms with van der Waals surface area (Å²) in [5, 5.41) is 6.76. The van der Waals surface area contributed by atoms with Crippen molar-refractivity contribution in [2.45, 2.75) is 25.9 Å². The Hall–Kier alpha value is -2.93. The van der Waals surface area contributed by atoms with E-state index in [0.717, 1.165) is 31.7 Å². The monoisotopic (exact) mass is 427 g/mol. The molecule has 2 N–H and O–H groups in total. The van der Waals surface area contributed by atoms with Gasteiger partial charge in [-0.3, -0.25) is 4.99 Å². The van der Waals surface area contributed by atoms with Crippen LogP contribution in [0, 0.1) is 12.8 Å². The van der Waals surface area contributed by atoms with Gasteiger partial charge in [0.05, 0.1) is 27.4 Å². The minimum Gasteiger partial charge on any atom is -0.493 e. The highest BCUT2D eigenvalue weighted by Crippen LogP contribution is 2.40. The van der Waals surface area contributed by atoms with Gasteiger partial charge in [-0.15, -0.1) is 0 Å². The van der Waals surface area contributed by atoms with Crippen LogP contribution in [0.1, 0.15) is 30.1 Å². The molecule has 0 aromatic heterocycles. The molecule has 0 aliphatic carbocycles. The minimum atomic E-state index is 0.0844. The number of ether oxygens (including phenoxy) is 4. The van der Waals surface area contributed by atoms with Gasteiger partial charge in [-0.25, -0.2) is 0 Å². The molecule has 0 saturated carbocycles. The number of guanidine groups is 1. The van der Waals surface area contributed by atoms with Crippen LogP contribution in [0.15, 0.2) is 41.4 Å². The fraction of sp³-hybridized carbons (Fsp3) is 0.458. The van der Waals surface area contributed by atoms with Crippen molar-refractivity contribution in [2.24, 2.45) is 10.9 Å². The van der Waals surface area contributed by atoms with Gasteiger partial charge in [0.1, 0.15) is 0 Å². The molecule has 0 amide bonds. The molecule has 1 aliphatic heterocycles. The minimum absolute atomic E-state index is 0.0844. The molecule has 1 saturated heterocycles. The molecule has 1 heterocycles. The lowest BCUT2D eigenvalue weighted by Gasteiger charge is -2.32. The fourth-order valence-electron chi connectivity index (χ4n) is 3.87. The Labute approximate surface area is 184 Å². The molecule has 2 aromatic rings. The van der Waals surface area contributed by atoms with Crippen LogP contribution in [-0.4, -0.2) is 47.5 Å². The highest BCUT2D eigenvalue weighted by atomic mass is 16.5. The van der Waals surface area contributed by atoms with Crippen LogP contribution < -0.4 is 24.8 Å². The number of rotatable bonds is 7. The maximum atomic E-state index is 6.14. The van der Waals surface area contributed by atoms with E-state index in [9.17, 15) is 0 Å². The number of hydrogen-bond donors (Lipinski definition) is 2. The van der Waals surface area contributed by atoms with Crippen molar-refractivity contribution >= 4 is 11.6 Å². The van der Waals surface area contributed by atoms with E-state index in [0.29, 0.717) is 29.1 Å². The second kappa shape index (κ2) is 10.9. The van der Waals surface area contributed by atoms with E-state index < -0.39 is 0 Å². The number of nitrogens with zero attached hydrogens (tertiary/aromatic N) is 1. The molecule has 168 valence electrons. The van der Waals surface area contributed by atoms with E-state index in [1.807, 2.05) is 12.1 Å². The first kappa shape index (κ1) is 22.7. The van der Waals surface area contributed by atoms with Crippen molar-refractivity contribution in [3.8, 4) is 17.2 Å². The van der Waals surface area contributed by atoms with Gasteiger partial charge in [0.15, 0.2) is 17.5 Å². The second-order valence-electron chi connectivity index (χ2n) is 7.60. The lowest BCUT2D eigenvalue weighted by Crippen LogP contribution is -2.38. The van der Waals surface area contributed by atoms with Crippen LogP contribution >= 0.6 is 0 Å².